The number of hydrogen-bond acceptors (Lipinski definition) is 2. The van der Waals surface area contributed by atoms with Gasteiger partial charge in [-0.15, -0.1) is 0 Å². The van der Waals surface area contributed by atoms with Crippen LogP contribution in [0, 0.1) is 0 Å². The summed E-state index contributed by atoms with van der Waals surface area (Å²) >= 11 is 5.39. The lowest BCUT2D eigenvalue weighted by Crippen LogP contribution is -2.35. The highest BCUT2D eigenvalue weighted by atomic mass is 35.5. The number of aliphatic imine (C=N–C) groups is 1. The second kappa shape index (κ2) is 2.38. The van der Waals surface area contributed by atoms with E-state index in [1.54, 1.807) is 0 Å². The van der Waals surface area contributed by atoms with E-state index in [1.165, 1.54) is 7.05 Å². The van der Waals surface area contributed by atoms with Crippen LogP contribution in [0.25, 0.3) is 0 Å². The Morgan fingerprint density at radius 3 is 2.70 bits per heavy atom. The van der Waals surface area contributed by atoms with Gasteiger partial charge in [0, 0.05) is 7.05 Å². The smallest absolute Gasteiger partial charge is 0.257 e. The molecule has 1 heterocycles. The van der Waals surface area contributed by atoms with Crippen LogP contribution < -0.4 is 0 Å². The second-order valence-corrected chi connectivity index (χ2v) is 2.24. The molecule has 1 aliphatic rings. The molecule has 2 amide bonds. The number of rotatable bonds is 0. The molecule has 5 heteroatoms. The maximum atomic E-state index is 10.8. The highest BCUT2D eigenvalue weighted by Crippen LogP contribution is 2.05. The highest BCUT2D eigenvalue weighted by molar-refractivity contribution is 6.67. The van der Waals surface area contributed by atoms with Gasteiger partial charge < -0.3 is 0 Å². The fraction of sp³-hybridized carbons (Fsp3) is 0.400. The van der Waals surface area contributed by atoms with Gasteiger partial charge in [-0.1, -0.05) is 0 Å². The van der Waals surface area contributed by atoms with Crippen molar-refractivity contribution in [3.8, 4) is 0 Å². The van der Waals surface area contributed by atoms with Crippen LogP contribution in [0.15, 0.2) is 4.99 Å². The molecule has 0 saturated carbocycles. The zero-order valence-electron chi connectivity index (χ0n) is 5.30. The van der Waals surface area contributed by atoms with Crippen molar-refractivity contribution in [3.05, 3.63) is 0 Å². The van der Waals surface area contributed by atoms with Gasteiger partial charge in [-0.25, -0.2) is 0 Å². The summed E-state index contributed by atoms with van der Waals surface area (Å²) in [4.78, 5) is 25.8. The summed E-state index contributed by atoms with van der Waals surface area (Å²) < 4.78 is 0. The van der Waals surface area contributed by atoms with Crippen LogP contribution in [0.1, 0.15) is 6.42 Å². The fourth-order valence-electron chi connectivity index (χ4n) is 0.568. The van der Waals surface area contributed by atoms with Crippen molar-refractivity contribution in [1.29, 1.82) is 0 Å². The van der Waals surface area contributed by atoms with Gasteiger partial charge in [0.05, 0.1) is 0 Å². The van der Waals surface area contributed by atoms with E-state index in [0.717, 1.165) is 4.90 Å². The Labute approximate surface area is 62.5 Å². The van der Waals surface area contributed by atoms with Crippen molar-refractivity contribution >= 4 is 28.7 Å². The van der Waals surface area contributed by atoms with Crippen molar-refractivity contribution in [2.45, 2.75) is 6.42 Å². The van der Waals surface area contributed by atoms with E-state index < -0.39 is 5.91 Å². The molecule has 4 nitrogen and oxygen atoms in total. The Hall–Kier alpha value is -0.900. The first-order valence-corrected chi connectivity index (χ1v) is 3.02. The minimum atomic E-state index is -0.479. The quantitative estimate of drug-likeness (QED) is 0.369. The number of amides is 2. The van der Waals surface area contributed by atoms with E-state index in [1.807, 2.05) is 0 Å². The van der Waals surface area contributed by atoms with Crippen molar-refractivity contribution in [1.82, 2.24) is 4.90 Å². The normalized spacial score (nSPS) is 19.4. The Bertz CT molecular complexity index is 224. The minimum Gasteiger partial charge on any atom is -0.290 e. The predicted molar refractivity (Wildman–Crippen MR) is 35.7 cm³/mol. The highest BCUT2D eigenvalue weighted by Gasteiger charge is 2.22. The molecule has 0 N–H and O–H groups in total. The van der Waals surface area contributed by atoms with Crippen molar-refractivity contribution in [3.63, 3.8) is 0 Å². The Kier molecular flexibility index (Phi) is 1.72. The third-order valence-electron chi connectivity index (χ3n) is 1.17. The lowest BCUT2D eigenvalue weighted by molar-refractivity contribution is -0.132. The molecule has 0 spiro atoms. The van der Waals surface area contributed by atoms with Gasteiger partial charge in [0.15, 0.2) is 0 Å². The summed E-state index contributed by atoms with van der Waals surface area (Å²) in [5.41, 5.74) is 0. The molecular weight excluding hydrogens is 156 g/mol. The average molecular weight is 161 g/mol. The largest absolute Gasteiger partial charge is 0.290 e. The summed E-state index contributed by atoms with van der Waals surface area (Å²) in [5.74, 6) is -0.793. The van der Waals surface area contributed by atoms with Crippen LogP contribution in [-0.4, -0.2) is 29.1 Å². The molecule has 0 aromatic heterocycles. The standard InChI is InChI=1S/C5H5ClN2O2/c1-8-4(10)2-3(9)7-5(8)6/h2H2,1H3. The van der Waals surface area contributed by atoms with Crippen molar-refractivity contribution < 1.29 is 9.59 Å². The third kappa shape index (κ3) is 1.16. The lowest BCUT2D eigenvalue weighted by Gasteiger charge is -2.16. The molecule has 0 bridgehead atoms. The predicted octanol–water partition coefficient (Wildman–Crippen LogP) is -0.0301. The van der Waals surface area contributed by atoms with Crippen molar-refractivity contribution in [2.75, 3.05) is 7.05 Å². The molecule has 10 heavy (non-hydrogen) atoms. The van der Waals surface area contributed by atoms with E-state index in [0.29, 0.717) is 0 Å². The van der Waals surface area contributed by atoms with Crippen LogP contribution in [0.3, 0.4) is 0 Å². The van der Waals surface area contributed by atoms with Gasteiger partial charge in [0.25, 0.3) is 5.91 Å². The van der Waals surface area contributed by atoms with E-state index in [4.69, 9.17) is 11.6 Å². The van der Waals surface area contributed by atoms with E-state index in [9.17, 15) is 9.59 Å². The van der Waals surface area contributed by atoms with Crippen molar-refractivity contribution in [2.24, 2.45) is 4.99 Å². The zero-order chi connectivity index (χ0) is 7.72. The lowest BCUT2D eigenvalue weighted by atomic mass is 10.3. The van der Waals surface area contributed by atoms with Gasteiger partial charge >= 0.3 is 0 Å². The first-order valence-electron chi connectivity index (χ1n) is 2.65. The zero-order valence-corrected chi connectivity index (χ0v) is 6.05. The Balaban J connectivity index is 2.91. The molecular formula is C5H5ClN2O2. The number of carbonyl (C=O) groups is 2. The van der Waals surface area contributed by atoms with E-state index in [-0.39, 0.29) is 17.6 Å². The van der Waals surface area contributed by atoms with E-state index >= 15 is 0 Å². The summed E-state index contributed by atoms with van der Waals surface area (Å²) in [7, 11) is 1.47. The Morgan fingerprint density at radius 1 is 1.60 bits per heavy atom. The molecule has 0 saturated heterocycles. The van der Waals surface area contributed by atoms with Crippen LogP contribution in [0.5, 0.6) is 0 Å². The maximum Gasteiger partial charge on any atom is 0.257 e. The molecule has 0 aromatic carbocycles. The average Bonchev–Trinajstić information content (AvgIpc) is 1.82. The van der Waals surface area contributed by atoms with Gasteiger partial charge in [-0.2, -0.15) is 4.99 Å². The SMILES string of the molecule is CN1C(=O)CC(=O)N=C1Cl. The van der Waals surface area contributed by atoms with Crippen LogP contribution in [-0.2, 0) is 9.59 Å². The molecule has 0 unspecified atom stereocenters. The number of halogens is 1. The minimum absolute atomic E-state index is 0.0544. The molecule has 0 radical (unpaired) electrons. The number of amidine groups is 1. The number of hydrogen-bond donors (Lipinski definition) is 0. The molecule has 0 aliphatic carbocycles. The van der Waals surface area contributed by atoms with Gasteiger partial charge in [0.1, 0.15) is 6.42 Å². The molecule has 0 aromatic rings. The summed E-state index contributed by atoms with van der Waals surface area (Å²) in [6.45, 7) is 0. The van der Waals surface area contributed by atoms with Gasteiger partial charge in [0.2, 0.25) is 11.2 Å². The first kappa shape index (κ1) is 7.21. The molecule has 1 aliphatic heterocycles. The summed E-state index contributed by atoms with van der Waals surface area (Å²) in [6, 6.07) is 0. The number of nitrogens with zero attached hydrogens (tertiary/aromatic N) is 2. The monoisotopic (exact) mass is 160 g/mol. The summed E-state index contributed by atoms with van der Waals surface area (Å²) in [5, 5.41) is -0.0544. The maximum absolute atomic E-state index is 10.8. The molecule has 0 atom stereocenters. The fourth-order valence-corrected chi connectivity index (χ4v) is 0.757. The van der Waals surface area contributed by atoms with Crippen LogP contribution in [0.2, 0.25) is 0 Å². The van der Waals surface area contributed by atoms with Gasteiger partial charge in [-0.05, 0) is 11.6 Å². The molecule has 1 rings (SSSR count). The number of carbonyl (C=O) groups excluding carboxylic acids is 2. The topological polar surface area (TPSA) is 49.7 Å². The molecule has 54 valence electrons. The van der Waals surface area contributed by atoms with Gasteiger partial charge in [-0.3, -0.25) is 14.5 Å². The third-order valence-corrected chi connectivity index (χ3v) is 1.51. The van der Waals surface area contributed by atoms with Crippen LogP contribution in [0.4, 0.5) is 0 Å². The first-order chi connectivity index (χ1) is 4.61. The summed E-state index contributed by atoms with van der Waals surface area (Å²) in [6.07, 6.45) is -0.174. The Morgan fingerprint density at radius 2 is 2.20 bits per heavy atom. The second-order valence-electron chi connectivity index (χ2n) is 1.90. The van der Waals surface area contributed by atoms with Crippen LogP contribution >= 0.6 is 11.6 Å². The molecule has 0 fully saturated rings. The van der Waals surface area contributed by atoms with E-state index in [2.05, 4.69) is 4.99 Å².